The van der Waals surface area contributed by atoms with E-state index in [1.54, 1.807) is 19.2 Å². The molecule has 0 aliphatic carbocycles. The van der Waals surface area contributed by atoms with Crippen molar-refractivity contribution in [2.24, 2.45) is 4.99 Å². The molecule has 0 heterocycles. The number of guanidine groups is 1. The van der Waals surface area contributed by atoms with Gasteiger partial charge in [-0.3, -0.25) is 9.79 Å². The van der Waals surface area contributed by atoms with Crippen LogP contribution in [-0.2, 0) is 12.8 Å². The van der Waals surface area contributed by atoms with Crippen molar-refractivity contribution in [3.8, 4) is 5.75 Å². The second-order valence-corrected chi connectivity index (χ2v) is 6.49. The fraction of sp³-hybridized carbons (Fsp3) is 0.364. The van der Waals surface area contributed by atoms with Crippen molar-refractivity contribution >= 4 is 11.9 Å². The Kier molecular flexibility index (Phi) is 8.85. The highest BCUT2D eigenvalue weighted by Crippen LogP contribution is 2.11. The Morgan fingerprint density at radius 3 is 2.54 bits per heavy atom. The summed E-state index contributed by atoms with van der Waals surface area (Å²) in [4.78, 5) is 16.3. The fourth-order valence-corrected chi connectivity index (χ4v) is 2.82. The topological polar surface area (TPSA) is 85.8 Å². The number of carbonyl (C=O) groups is 1. The first-order valence-electron chi connectivity index (χ1n) is 9.73. The Morgan fingerprint density at radius 2 is 1.82 bits per heavy atom. The molecule has 6 nitrogen and oxygen atoms in total. The van der Waals surface area contributed by atoms with Crippen LogP contribution in [0.5, 0.6) is 5.75 Å². The summed E-state index contributed by atoms with van der Waals surface area (Å²) >= 11 is 0. The SMILES string of the molecule is CCNC(=NCCCc1ccc(O)cc1)NCCc1cccc(C(=O)NC)c1. The van der Waals surface area contributed by atoms with Crippen LogP contribution < -0.4 is 16.0 Å². The first-order valence-corrected chi connectivity index (χ1v) is 9.73. The first kappa shape index (κ1) is 21.3. The van der Waals surface area contributed by atoms with E-state index in [0.717, 1.165) is 50.4 Å². The molecule has 0 radical (unpaired) electrons. The van der Waals surface area contributed by atoms with Gasteiger partial charge in [-0.2, -0.15) is 0 Å². The lowest BCUT2D eigenvalue weighted by atomic mass is 10.1. The molecule has 150 valence electrons. The number of aryl methyl sites for hydroxylation is 1. The van der Waals surface area contributed by atoms with Gasteiger partial charge in [0.25, 0.3) is 5.91 Å². The van der Waals surface area contributed by atoms with Gasteiger partial charge in [0.1, 0.15) is 5.75 Å². The maximum absolute atomic E-state index is 11.7. The Hall–Kier alpha value is -3.02. The highest BCUT2D eigenvalue weighted by molar-refractivity contribution is 5.94. The van der Waals surface area contributed by atoms with E-state index in [9.17, 15) is 9.90 Å². The molecular formula is C22H30N4O2. The predicted octanol–water partition coefficient (Wildman–Crippen LogP) is 2.48. The quantitative estimate of drug-likeness (QED) is 0.305. The van der Waals surface area contributed by atoms with E-state index in [-0.39, 0.29) is 5.91 Å². The zero-order valence-corrected chi connectivity index (χ0v) is 16.7. The number of phenolic OH excluding ortho intramolecular Hbond substituents is 1. The van der Waals surface area contributed by atoms with E-state index in [1.165, 1.54) is 5.56 Å². The molecule has 0 bridgehead atoms. The number of aromatic hydroxyl groups is 1. The summed E-state index contributed by atoms with van der Waals surface area (Å²) in [6.45, 7) is 4.31. The van der Waals surface area contributed by atoms with Crippen LogP contribution in [0.1, 0.15) is 34.8 Å². The second-order valence-electron chi connectivity index (χ2n) is 6.49. The molecule has 0 unspecified atom stereocenters. The number of hydrogen-bond acceptors (Lipinski definition) is 3. The predicted molar refractivity (Wildman–Crippen MR) is 114 cm³/mol. The van der Waals surface area contributed by atoms with Crippen molar-refractivity contribution < 1.29 is 9.90 Å². The Bertz CT molecular complexity index is 772. The van der Waals surface area contributed by atoms with Crippen molar-refractivity contribution in [3.63, 3.8) is 0 Å². The Morgan fingerprint density at radius 1 is 1.04 bits per heavy atom. The molecule has 4 N–H and O–H groups in total. The smallest absolute Gasteiger partial charge is 0.251 e. The van der Waals surface area contributed by atoms with Crippen LogP contribution >= 0.6 is 0 Å². The highest BCUT2D eigenvalue weighted by atomic mass is 16.3. The van der Waals surface area contributed by atoms with Gasteiger partial charge >= 0.3 is 0 Å². The van der Waals surface area contributed by atoms with Crippen LogP contribution in [0.3, 0.4) is 0 Å². The lowest BCUT2D eigenvalue weighted by Gasteiger charge is -2.12. The lowest BCUT2D eigenvalue weighted by Crippen LogP contribution is -2.38. The van der Waals surface area contributed by atoms with E-state index in [4.69, 9.17) is 0 Å². The minimum Gasteiger partial charge on any atom is -0.508 e. The number of rotatable bonds is 9. The van der Waals surface area contributed by atoms with Crippen LogP contribution in [0, 0.1) is 0 Å². The van der Waals surface area contributed by atoms with E-state index in [2.05, 4.69) is 20.9 Å². The van der Waals surface area contributed by atoms with Crippen LogP contribution in [0.2, 0.25) is 0 Å². The van der Waals surface area contributed by atoms with E-state index < -0.39 is 0 Å². The van der Waals surface area contributed by atoms with Gasteiger partial charge in [-0.25, -0.2) is 0 Å². The summed E-state index contributed by atoms with van der Waals surface area (Å²) in [7, 11) is 1.64. The van der Waals surface area contributed by atoms with Crippen LogP contribution in [0.25, 0.3) is 0 Å². The normalized spacial score (nSPS) is 11.1. The molecule has 0 atom stereocenters. The fourth-order valence-electron chi connectivity index (χ4n) is 2.82. The highest BCUT2D eigenvalue weighted by Gasteiger charge is 2.04. The molecule has 0 aromatic heterocycles. The van der Waals surface area contributed by atoms with Crippen LogP contribution in [0.4, 0.5) is 0 Å². The number of aliphatic imine (C=N–C) groups is 1. The molecule has 0 spiro atoms. The monoisotopic (exact) mass is 382 g/mol. The number of carbonyl (C=O) groups excluding carboxylic acids is 1. The number of nitrogens with one attached hydrogen (secondary N) is 3. The number of phenols is 1. The standard InChI is InChI=1S/C22H30N4O2/c1-3-24-22(25-14-5-7-17-9-11-20(27)12-10-17)26-15-13-18-6-4-8-19(16-18)21(28)23-2/h4,6,8-12,16,27H,3,5,7,13-15H2,1-2H3,(H,23,28)(H2,24,25,26). The summed E-state index contributed by atoms with van der Waals surface area (Å²) < 4.78 is 0. The van der Waals surface area contributed by atoms with Crippen molar-refractivity contribution in [2.75, 3.05) is 26.7 Å². The molecule has 28 heavy (non-hydrogen) atoms. The Balaban J connectivity index is 1.79. The van der Waals surface area contributed by atoms with Gasteiger partial charge in [0.15, 0.2) is 5.96 Å². The molecular weight excluding hydrogens is 352 g/mol. The summed E-state index contributed by atoms with van der Waals surface area (Å²) in [5.74, 6) is 1.02. The Labute approximate surface area is 167 Å². The molecule has 0 fully saturated rings. The maximum atomic E-state index is 11.7. The van der Waals surface area contributed by atoms with Gasteiger partial charge in [-0.1, -0.05) is 24.3 Å². The van der Waals surface area contributed by atoms with Crippen LogP contribution in [0.15, 0.2) is 53.5 Å². The molecule has 2 aromatic rings. The second kappa shape index (κ2) is 11.6. The minimum absolute atomic E-state index is 0.0710. The largest absolute Gasteiger partial charge is 0.508 e. The minimum atomic E-state index is -0.0710. The van der Waals surface area contributed by atoms with E-state index >= 15 is 0 Å². The van der Waals surface area contributed by atoms with Gasteiger partial charge in [-0.05, 0) is 61.6 Å². The molecule has 6 heteroatoms. The summed E-state index contributed by atoms with van der Waals surface area (Å²) in [5, 5.41) is 18.6. The molecule has 0 aliphatic rings. The molecule has 2 aromatic carbocycles. The maximum Gasteiger partial charge on any atom is 0.251 e. The number of nitrogens with zero attached hydrogens (tertiary/aromatic N) is 1. The molecule has 2 rings (SSSR count). The number of hydrogen-bond donors (Lipinski definition) is 4. The summed E-state index contributed by atoms with van der Waals surface area (Å²) in [5.41, 5.74) is 2.98. The van der Waals surface area contributed by atoms with Crippen LogP contribution in [-0.4, -0.2) is 43.7 Å². The molecule has 0 saturated carbocycles. The van der Waals surface area contributed by atoms with Gasteiger partial charge in [-0.15, -0.1) is 0 Å². The van der Waals surface area contributed by atoms with Crippen molar-refractivity contribution in [3.05, 3.63) is 65.2 Å². The zero-order valence-electron chi connectivity index (χ0n) is 16.7. The van der Waals surface area contributed by atoms with Crippen molar-refractivity contribution in [1.82, 2.24) is 16.0 Å². The summed E-state index contributed by atoms with van der Waals surface area (Å²) in [6, 6.07) is 15.0. The first-order chi connectivity index (χ1) is 13.6. The van der Waals surface area contributed by atoms with Crippen molar-refractivity contribution in [2.45, 2.75) is 26.2 Å². The van der Waals surface area contributed by atoms with Gasteiger partial charge in [0, 0.05) is 32.2 Å². The molecule has 1 amide bonds. The molecule has 0 aliphatic heterocycles. The third kappa shape index (κ3) is 7.31. The van der Waals surface area contributed by atoms with E-state index in [0.29, 0.717) is 11.3 Å². The van der Waals surface area contributed by atoms with E-state index in [1.807, 2.05) is 43.3 Å². The van der Waals surface area contributed by atoms with Gasteiger partial charge in [0.2, 0.25) is 0 Å². The summed E-state index contributed by atoms with van der Waals surface area (Å²) in [6.07, 6.45) is 2.67. The average Bonchev–Trinajstić information content (AvgIpc) is 2.72. The van der Waals surface area contributed by atoms with Gasteiger partial charge in [0.05, 0.1) is 0 Å². The van der Waals surface area contributed by atoms with Gasteiger partial charge < -0.3 is 21.1 Å². The average molecular weight is 383 g/mol. The van der Waals surface area contributed by atoms with Crippen molar-refractivity contribution in [1.29, 1.82) is 0 Å². The third-order valence-electron chi connectivity index (χ3n) is 4.30. The number of amides is 1. The zero-order chi connectivity index (χ0) is 20.2. The lowest BCUT2D eigenvalue weighted by molar-refractivity contribution is 0.0963. The number of benzene rings is 2. The third-order valence-corrected chi connectivity index (χ3v) is 4.30. The molecule has 0 saturated heterocycles.